The van der Waals surface area contributed by atoms with Crippen molar-refractivity contribution in [1.29, 1.82) is 0 Å². The zero-order chi connectivity index (χ0) is 26.4. The van der Waals surface area contributed by atoms with Gasteiger partial charge >= 0.3 is 0 Å². The molecule has 3 amide bonds. The molecule has 1 heterocycles. The topological polar surface area (TPSA) is 91.0 Å². The molecule has 4 rings (SSSR count). The molecule has 1 aliphatic heterocycles. The van der Waals surface area contributed by atoms with E-state index in [9.17, 15) is 14.4 Å². The average Bonchev–Trinajstić information content (AvgIpc) is 3.10. The number of carbonyl (C=O) groups excluding carboxylic acids is 3. The first-order chi connectivity index (χ1) is 17.9. The Kier molecular flexibility index (Phi) is 8.52. The third kappa shape index (κ3) is 6.52. The van der Waals surface area contributed by atoms with Crippen LogP contribution >= 0.6 is 28.1 Å². The van der Waals surface area contributed by atoms with Gasteiger partial charge in [0.25, 0.3) is 11.8 Å². The number of halogens is 1. The van der Waals surface area contributed by atoms with E-state index in [2.05, 4.69) is 26.7 Å². The van der Waals surface area contributed by atoms with Gasteiger partial charge in [0.1, 0.15) is 11.8 Å². The summed E-state index contributed by atoms with van der Waals surface area (Å²) in [6.45, 7) is 2.65. The van der Waals surface area contributed by atoms with E-state index in [1.165, 1.54) is 9.91 Å². The maximum Gasteiger partial charge on any atom is 0.269 e. The normalized spacial score (nSPS) is 15.0. The second-order valence-electron chi connectivity index (χ2n) is 8.24. The molecular weight excluding hydrogens is 556 g/mol. The Hall–Kier alpha value is -3.76. The van der Waals surface area contributed by atoms with Crippen molar-refractivity contribution in [2.75, 3.05) is 11.9 Å². The maximum atomic E-state index is 13.4. The van der Waals surface area contributed by atoms with Crippen LogP contribution in [0, 0.1) is 0 Å². The summed E-state index contributed by atoms with van der Waals surface area (Å²) in [5, 5.41) is 4.23. The van der Waals surface area contributed by atoms with E-state index in [1.807, 2.05) is 37.3 Å². The molecule has 0 aromatic heterocycles. The molecule has 1 atom stereocenters. The molecule has 1 saturated heterocycles. The number of hydrogen-bond donors (Lipinski definition) is 2. The van der Waals surface area contributed by atoms with Gasteiger partial charge in [0.15, 0.2) is 5.11 Å². The van der Waals surface area contributed by atoms with Crippen molar-refractivity contribution < 1.29 is 19.1 Å². The number of ether oxygens (including phenoxy) is 1. The lowest BCUT2D eigenvalue weighted by Crippen LogP contribution is -2.49. The Morgan fingerprint density at radius 3 is 2.32 bits per heavy atom. The molecule has 37 heavy (non-hydrogen) atoms. The highest BCUT2D eigenvalue weighted by Gasteiger charge is 2.44. The second kappa shape index (κ2) is 12.0. The van der Waals surface area contributed by atoms with Crippen molar-refractivity contribution >= 4 is 56.7 Å². The van der Waals surface area contributed by atoms with E-state index in [1.54, 1.807) is 48.5 Å². The van der Waals surface area contributed by atoms with Gasteiger partial charge in [0.2, 0.25) is 5.91 Å². The second-order valence-corrected chi connectivity index (χ2v) is 9.52. The summed E-state index contributed by atoms with van der Waals surface area (Å²) in [6.07, 6.45) is -0.210. The van der Waals surface area contributed by atoms with E-state index in [4.69, 9.17) is 17.0 Å². The minimum absolute atomic E-state index is 0.123. The molecule has 1 unspecified atom stereocenters. The van der Waals surface area contributed by atoms with E-state index in [0.717, 1.165) is 10.0 Å². The molecule has 10 heteroatoms. The third-order valence-electron chi connectivity index (χ3n) is 5.64. The van der Waals surface area contributed by atoms with Gasteiger partial charge in [0.05, 0.1) is 19.6 Å². The molecule has 3 aromatic rings. The Bertz CT molecular complexity index is 1290. The summed E-state index contributed by atoms with van der Waals surface area (Å²) in [7, 11) is 0. The van der Waals surface area contributed by atoms with Gasteiger partial charge in [-0.1, -0.05) is 46.3 Å². The zero-order valence-electron chi connectivity index (χ0n) is 20.0. The van der Waals surface area contributed by atoms with Crippen LogP contribution in [0.4, 0.5) is 5.69 Å². The summed E-state index contributed by atoms with van der Waals surface area (Å²) in [6, 6.07) is 22.1. The van der Waals surface area contributed by atoms with Gasteiger partial charge in [-0.05, 0) is 73.2 Å². The summed E-state index contributed by atoms with van der Waals surface area (Å²) in [5.41, 5.74) is 4.55. The van der Waals surface area contributed by atoms with Crippen molar-refractivity contribution in [2.24, 2.45) is 0 Å². The predicted molar refractivity (Wildman–Crippen MR) is 148 cm³/mol. The van der Waals surface area contributed by atoms with Gasteiger partial charge in [-0.15, -0.1) is 0 Å². The average molecular weight is 581 g/mol. The summed E-state index contributed by atoms with van der Waals surface area (Å²) in [5.74, 6) is -0.516. The smallest absolute Gasteiger partial charge is 0.269 e. The van der Waals surface area contributed by atoms with E-state index in [-0.39, 0.29) is 24.0 Å². The predicted octanol–water partition coefficient (Wildman–Crippen LogP) is 4.52. The van der Waals surface area contributed by atoms with Crippen molar-refractivity contribution in [1.82, 2.24) is 15.3 Å². The Balaban J connectivity index is 1.52. The molecule has 0 bridgehead atoms. The number of nitrogens with one attached hydrogen (secondary N) is 2. The molecule has 3 aromatic carbocycles. The van der Waals surface area contributed by atoms with Crippen LogP contribution < -0.4 is 15.5 Å². The number of hydrogen-bond acceptors (Lipinski definition) is 5. The lowest BCUT2D eigenvalue weighted by Gasteiger charge is -2.24. The minimum atomic E-state index is -1.00. The van der Waals surface area contributed by atoms with Crippen molar-refractivity contribution in [2.45, 2.75) is 25.9 Å². The molecule has 0 radical (unpaired) electrons. The number of thiocarbonyl (C=S) groups is 1. The molecule has 2 N–H and O–H groups in total. The minimum Gasteiger partial charge on any atom is -0.494 e. The Morgan fingerprint density at radius 2 is 1.68 bits per heavy atom. The molecule has 190 valence electrons. The fourth-order valence-electron chi connectivity index (χ4n) is 3.83. The number of nitrogens with zero attached hydrogens (tertiary/aromatic N) is 2. The molecular formula is C27H25BrN4O4S. The number of amides is 3. The van der Waals surface area contributed by atoms with Gasteiger partial charge in [-0.3, -0.25) is 24.7 Å². The molecule has 0 spiro atoms. The first-order valence-corrected chi connectivity index (χ1v) is 12.8. The van der Waals surface area contributed by atoms with Crippen molar-refractivity contribution in [3.05, 3.63) is 94.5 Å². The SMILES string of the molecule is CCOc1ccc(NC(=O)CC2C(=O)N(Cc3ccccc3)C(=S)N2NC(=O)c2ccc(Br)cc2)cc1. The van der Waals surface area contributed by atoms with Gasteiger partial charge in [0, 0.05) is 15.7 Å². The first kappa shape index (κ1) is 26.3. The van der Waals surface area contributed by atoms with Gasteiger partial charge in [-0.25, -0.2) is 5.01 Å². The Labute approximate surface area is 228 Å². The highest BCUT2D eigenvalue weighted by Crippen LogP contribution is 2.23. The Morgan fingerprint density at radius 1 is 1.00 bits per heavy atom. The van der Waals surface area contributed by atoms with Crippen LogP contribution in [0.15, 0.2) is 83.3 Å². The highest BCUT2D eigenvalue weighted by molar-refractivity contribution is 9.10. The van der Waals surface area contributed by atoms with Crippen LogP contribution in [0.3, 0.4) is 0 Å². The lowest BCUT2D eigenvalue weighted by atomic mass is 10.1. The molecule has 0 saturated carbocycles. The van der Waals surface area contributed by atoms with Crippen LogP contribution in [0.25, 0.3) is 0 Å². The largest absolute Gasteiger partial charge is 0.494 e. The summed E-state index contributed by atoms with van der Waals surface area (Å²) in [4.78, 5) is 40.7. The van der Waals surface area contributed by atoms with E-state index < -0.39 is 17.9 Å². The van der Waals surface area contributed by atoms with Crippen molar-refractivity contribution in [3.63, 3.8) is 0 Å². The fraction of sp³-hybridized carbons (Fsp3) is 0.185. The number of benzene rings is 3. The summed E-state index contributed by atoms with van der Waals surface area (Å²) < 4.78 is 6.25. The quantitative estimate of drug-likeness (QED) is 0.362. The third-order valence-corrected chi connectivity index (χ3v) is 6.59. The number of rotatable bonds is 9. The lowest BCUT2D eigenvalue weighted by molar-refractivity contribution is -0.131. The number of carbonyl (C=O) groups is 3. The monoisotopic (exact) mass is 580 g/mol. The zero-order valence-corrected chi connectivity index (χ0v) is 22.4. The first-order valence-electron chi connectivity index (χ1n) is 11.6. The van der Waals surface area contributed by atoms with E-state index in [0.29, 0.717) is 23.6 Å². The molecule has 1 fully saturated rings. The van der Waals surface area contributed by atoms with Crippen LogP contribution in [0.2, 0.25) is 0 Å². The highest BCUT2D eigenvalue weighted by atomic mass is 79.9. The standard InChI is InChI=1S/C27H25BrN4O4S/c1-2-36-22-14-12-21(13-15-22)29-24(33)16-23-26(35)31(17-18-6-4-3-5-7-18)27(37)32(23)30-25(34)19-8-10-20(28)11-9-19/h3-15,23H,2,16-17H2,1H3,(H,29,33)(H,30,34). The van der Waals surface area contributed by atoms with Crippen LogP contribution in [-0.2, 0) is 16.1 Å². The summed E-state index contributed by atoms with van der Waals surface area (Å²) >= 11 is 8.94. The van der Waals surface area contributed by atoms with Gasteiger partial charge < -0.3 is 10.1 Å². The van der Waals surface area contributed by atoms with Crippen molar-refractivity contribution in [3.8, 4) is 5.75 Å². The van der Waals surface area contributed by atoms with Gasteiger partial charge in [-0.2, -0.15) is 0 Å². The van der Waals surface area contributed by atoms with Crippen LogP contribution in [-0.4, -0.2) is 45.4 Å². The van der Waals surface area contributed by atoms with E-state index >= 15 is 0 Å². The molecule has 1 aliphatic rings. The maximum absolute atomic E-state index is 13.4. The molecule has 8 nitrogen and oxygen atoms in total. The molecule has 0 aliphatic carbocycles. The number of hydrazine groups is 1. The fourth-order valence-corrected chi connectivity index (χ4v) is 4.42. The van der Waals surface area contributed by atoms with Crippen LogP contribution in [0.1, 0.15) is 29.3 Å². The van der Waals surface area contributed by atoms with Crippen LogP contribution in [0.5, 0.6) is 5.75 Å². The number of anilines is 1.